The van der Waals surface area contributed by atoms with Gasteiger partial charge in [0.05, 0.1) is 12.0 Å². The Morgan fingerprint density at radius 2 is 2.09 bits per heavy atom. The minimum absolute atomic E-state index is 0.0394. The molecule has 2 aromatic heterocycles. The van der Waals surface area contributed by atoms with E-state index in [0.717, 1.165) is 32.3 Å². The smallest absolute Gasteiger partial charge is 0.263 e. The lowest BCUT2D eigenvalue weighted by Gasteiger charge is -2.10. The van der Waals surface area contributed by atoms with Gasteiger partial charge in [-0.2, -0.15) is 0 Å². The van der Waals surface area contributed by atoms with Crippen LogP contribution in [0.1, 0.15) is 6.92 Å². The zero-order valence-corrected chi connectivity index (χ0v) is 14.7. The standard InChI is InChI=1S/C17H18N2O2S2/c1-3-19-16(20)14-13(12-7-5-4-6-8-12)11-23-15(14)18-17(19)22-10-9-21-2/h4-8,11H,3,9-10H2,1-2H3. The molecular formula is C17H18N2O2S2. The molecule has 4 nitrogen and oxygen atoms in total. The van der Waals surface area contributed by atoms with E-state index < -0.39 is 0 Å². The van der Waals surface area contributed by atoms with Crippen molar-refractivity contribution >= 4 is 33.3 Å². The maximum absolute atomic E-state index is 13.0. The molecule has 0 fully saturated rings. The molecule has 0 atom stereocenters. The highest BCUT2D eigenvalue weighted by atomic mass is 32.2. The summed E-state index contributed by atoms with van der Waals surface area (Å²) in [6, 6.07) is 10.0. The number of thioether (sulfide) groups is 1. The predicted molar refractivity (Wildman–Crippen MR) is 97.6 cm³/mol. The van der Waals surface area contributed by atoms with Crippen molar-refractivity contribution in [3.05, 3.63) is 46.1 Å². The minimum Gasteiger partial charge on any atom is -0.384 e. The van der Waals surface area contributed by atoms with Crippen molar-refractivity contribution in [2.75, 3.05) is 19.5 Å². The third-order valence-corrected chi connectivity index (χ3v) is 5.39. The van der Waals surface area contributed by atoms with E-state index in [1.54, 1.807) is 23.4 Å². The van der Waals surface area contributed by atoms with E-state index >= 15 is 0 Å². The Kier molecular flexibility index (Phi) is 5.15. The van der Waals surface area contributed by atoms with Gasteiger partial charge in [-0.1, -0.05) is 42.1 Å². The fourth-order valence-corrected chi connectivity index (χ4v) is 4.39. The molecule has 3 aromatic rings. The lowest BCUT2D eigenvalue weighted by atomic mass is 10.1. The monoisotopic (exact) mass is 346 g/mol. The summed E-state index contributed by atoms with van der Waals surface area (Å²) >= 11 is 3.09. The summed E-state index contributed by atoms with van der Waals surface area (Å²) in [4.78, 5) is 18.5. The van der Waals surface area contributed by atoms with E-state index in [2.05, 4.69) is 0 Å². The van der Waals surface area contributed by atoms with E-state index in [4.69, 9.17) is 9.72 Å². The molecular weight excluding hydrogens is 328 g/mol. The van der Waals surface area contributed by atoms with Gasteiger partial charge in [0.1, 0.15) is 4.83 Å². The highest BCUT2D eigenvalue weighted by Gasteiger charge is 2.16. The van der Waals surface area contributed by atoms with Gasteiger partial charge in [-0.15, -0.1) is 11.3 Å². The number of aromatic nitrogens is 2. The van der Waals surface area contributed by atoms with Gasteiger partial charge in [0.15, 0.2) is 5.16 Å². The molecule has 23 heavy (non-hydrogen) atoms. The molecule has 0 radical (unpaired) electrons. The van der Waals surface area contributed by atoms with Crippen LogP contribution in [0.4, 0.5) is 0 Å². The van der Waals surface area contributed by atoms with Gasteiger partial charge in [0, 0.05) is 30.4 Å². The molecule has 1 aromatic carbocycles. The number of methoxy groups -OCH3 is 1. The molecule has 0 aliphatic carbocycles. The van der Waals surface area contributed by atoms with Crippen LogP contribution in [0.5, 0.6) is 0 Å². The topological polar surface area (TPSA) is 44.1 Å². The SMILES string of the molecule is CCn1c(SCCOC)nc2scc(-c3ccccc3)c2c1=O. The maximum atomic E-state index is 13.0. The van der Waals surface area contributed by atoms with Crippen LogP contribution < -0.4 is 5.56 Å². The van der Waals surface area contributed by atoms with Crippen LogP contribution in [0.2, 0.25) is 0 Å². The van der Waals surface area contributed by atoms with E-state index in [1.807, 2.05) is 42.6 Å². The van der Waals surface area contributed by atoms with Gasteiger partial charge in [-0.3, -0.25) is 9.36 Å². The van der Waals surface area contributed by atoms with Gasteiger partial charge < -0.3 is 4.74 Å². The number of hydrogen-bond donors (Lipinski definition) is 0. The molecule has 0 saturated carbocycles. The Morgan fingerprint density at radius 3 is 2.78 bits per heavy atom. The molecule has 0 N–H and O–H groups in total. The van der Waals surface area contributed by atoms with Crippen molar-refractivity contribution < 1.29 is 4.74 Å². The quantitative estimate of drug-likeness (QED) is 0.386. The number of hydrogen-bond acceptors (Lipinski definition) is 5. The molecule has 0 saturated heterocycles. The highest BCUT2D eigenvalue weighted by Crippen LogP contribution is 2.32. The average molecular weight is 346 g/mol. The molecule has 3 rings (SSSR count). The third kappa shape index (κ3) is 3.20. The number of ether oxygens (including phenoxy) is 1. The van der Waals surface area contributed by atoms with Crippen LogP contribution >= 0.6 is 23.1 Å². The Morgan fingerprint density at radius 1 is 1.30 bits per heavy atom. The third-order valence-electron chi connectivity index (χ3n) is 3.58. The fourth-order valence-electron chi connectivity index (χ4n) is 2.44. The van der Waals surface area contributed by atoms with E-state index in [9.17, 15) is 4.79 Å². The Hall–Kier alpha value is -1.63. The number of rotatable bonds is 6. The zero-order valence-electron chi connectivity index (χ0n) is 13.1. The molecule has 0 aliphatic rings. The summed E-state index contributed by atoms with van der Waals surface area (Å²) in [5.41, 5.74) is 2.07. The average Bonchev–Trinajstić information content (AvgIpc) is 3.00. The van der Waals surface area contributed by atoms with E-state index in [0.29, 0.717) is 13.2 Å². The molecule has 0 aliphatic heterocycles. The van der Waals surface area contributed by atoms with Crippen LogP contribution in [-0.2, 0) is 11.3 Å². The molecule has 0 bridgehead atoms. The lowest BCUT2D eigenvalue weighted by Crippen LogP contribution is -2.22. The summed E-state index contributed by atoms with van der Waals surface area (Å²) in [6.45, 7) is 3.23. The Balaban J connectivity index is 2.13. The molecule has 0 amide bonds. The van der Waals surface area contributed by atoms with Crippen LogP contribution in [0, 0.1) is 0 Å². The zero-order chi connectivity index (χ0) is 16.2. The molecule has 2 heterocycles. The van der Waals surface area contributed by atoms with E-state index in [-0.39, 0.29) is 5.56 Å². The number of fused-ring (bicyclic) bond motifs is 1. The number of benzene rings is 1. The van der Waals surface area contributed by atoms with Crippen molar-refractivity contribution in [1.82, 2.24) is 9.55 Å². The first-order valence-corrected chi connectivity index (χ1v) is 9.32. The second kappa shape index (κ2) is 7.29. The first-order chi connectivity index (χ1) is 11.3. The maximum Gasteiger partial charge on any atom is 0.263 e. The van der Waals surface area contributed by atoms with Crippen LogP contribution in [0.25, 0.3) is 21.3 Å². The van der Waals surface area contributed by atoms with Crippen LogP contribution in [-0.4, -0.2) is 29.0 Å². The number of nitrogens with zero attached hydrogens (tertiary/aromatic N) is 2. The molecule has 0 unspecified atom stereocenters. The molecule has 6 heteroatoms. The normalized spacial score (nSPS) is 11.2. The van der Waals surface area contributed by atoms with Crippen molar-refractivity contribution in [1.29, 1.82) is 0 Å². The Bertz CT molecular complexity index is 856. The van der Waals surface area contributed by atoms with Crippen LogP contribution in [0.3, 0.4) is 0 Å². The predicted octanol–water partition coefficient (Wildman–Crippen LogP) is 3.88. The van der Waals surface area contributed by atoms with Gasteiger partial charge in [0.2, 0.25) is 0 Å². The minimum atomic E-state index is 0.0394. The van der Waals surface area contributed by atoms with Crippen molar-refractivity contribution in [3.63, 3.8) is 0 Å². The van der Waals surface area contributed by atoms with Gasteiger partial charge in [-0.05, 0) is 12.5 Å². The second-order valence-corrected chi connectivity index (χ2v) is 6.90. The lowest BCUT2D eigenvalue weighted by molar-refractivity contribution is 0.218. The summed E-state index contributed by atoms with van der Waals surface area (Å²) in [7, 11) is 1.68. The summed E-state index contributed by atoms with van der Waals surface area (Å²) in [6.07, 6.45) is 0. The van der Waals surface area contributed by atoms with Crippen molar-refractivity contribution in [2.24, 2.45) is 0 Å². The van der Waals surface area contributed by atoms with Crippen molar-refractivity contribution in [3.8, 4) is 11.1 Å². The van der Waals surface area contributed by atoms with Gasteiger partial charge >= 0.3 is 0 Å². The summed E-state index contributed by atoms with van der Waals surface area (Å²) in [5, 5.41) is 3.51. The molecule has 0 spiro atoms. The summed E-state index contributed by atoms with van der Waals surface area (Å²) < 4.78 is 6.84. The Labute approximate surface area is 143 Å². The number of thiophene rings is 1. The summed E-state index contributed by atoms with van der Waals surface area (Å²) in [5.74, 6) is 0.783. The van der Waals surface area contributed by atoms with Crippen molar-refractivity contribution in [2.45, 2.75) is 18.6 Å². The van der Waals surface area contributed by atoms with Gasteiger partial charge in [0.25, 0.3) is 5.56 Å². The van der Waals surface area contributed by atoms with Crippen LogP contribution in [0.15, 0.2) is 45.7 Å². The second-order valence-electron chi connectivity index (χ2n) is 4.98. The first-order valence-electron chi connectivity index (χ1n) is 7.45. The fraction of sp³-hybridized carbons (Fsp3) is 0.294. The largest absolute Gasteiger partial charge is 0.384 e. The van der Waals surface area contributed by atoms with Gasteiger partial charge in [-0.25, -0.2) is 4.98 Å². The van der Waals surface area contributed by atoms with E-state index in [1.165, 1.54) is 11.3 Å². The highest BCUT2D eigenvalue weighted by molar-refractivity contribution is 7.99. The first kappa shape index (κ1) is 16.2. The molecule has 120 valence electrons.